The summed E-state index contributed by atoms with van der Waals surface area (Å²) in [5, 5.41) is 2.72. The third-order valence-corrected chi connectivity index (χ3v) is 5.05. The SMILES string of the molecule is CC(N)C1CCCN(C(C)c2cccc3ccccc23)C1. The third kappa shape index (κ3) is 2.97. The van der Waals surface area contributed by atoms with E-state index in [-0.39, 0.29) is 0 Å². The van der Waals surface area contributed by atoms with E-state index in [1.54, 1.807) is 0 Å². The predicted molar refractivity (Wildman–Crippen MR) is 90.3 cm³/mol. The highest BCUT2D eigenvalue weighted by atomic mass is 15.2. The highest BCUT2D eigenvalue weighted by Crippen LogP contribution is 2.31. The lowest BCUT2D eigenvalue weighted by molar-refractivity contribution is 0.122. The van der Waals surface area contributed by atoms with Crippen LogP contribution in [0.4, 0.5) is 0 Å². The van der Waals surface area contributed by atoms with Crippen molar-refractivity contribution in [3.05, 3.63) is 48.0 Å². The van der Waals surface area contributed by atoms with Gasteiger partial charge in [-0.05, 0) is 55.5 Å². The molecule has 0 spiro atoms. The lowest BCUT2D eigenvalue weighted by Gasteiger charge is -2.38. The molecule has 1 saturated heterocycles. The highest BCUT2D eigenvalue weighted by molar-refractivity contribution is 5.86. The molecule has 1 aliphatic heterocycles. The number of piperidine rings is 1. The molecular weight excluding hydrogens is 256 g/mol. The van der Waals surface area contributed by atoms with E-state index in [2.05, 4.69) is 61.2 Å². The average molecular weight is 282 g/mol. The van der Waals surface area contributed by atoms with Crippen molar-refractivity contribution >= 4 is 10.8 Å². The van der Waals surface area contributed by atoms with E-state index >= 15 is 0 Å². The quantitative estimate of drug-likeness (QED) is 0.923. The summed E-state index contributed by atoms with van der Waals surface area (Å²) in [6.45, 7) is 6.80. The van der Waals surface area contributed by atoms with Gasteiger partial charge in [-0.25, -0.2) is 0 Å². The Morgan fingerprint density at radius 2 is 1.86 bits per heavy atom. The lowest BCUT2D eigenvalue weighted by Crippen LogP contribution is -2.43. The molecule has 0 amide bonds. The zero-order valence-electron chi connectivity index (χ0n) is 13.1. The van der Waals surface area contributed by atoms with Crippen LogP contribution in [0.5, 0.6) is 0 Å². The molecule has 2 nitrogen and oxygen atoms in total. The van der Waals surface area contributed by atoms with Gasteiger partial charge < -0.3 is 5.73 Å². The Kier molecular flexibility index (Phi) is 4.27. The summed E-state index contributed by atoms with van der Waals surface area (Å²) in [5.74, 6) is 0.635. The van der Waals surface area contributed by atoms with Crippen LogP contribution in [0.2, 0.25) is 0 Å². The fourth-order valence-corrected chi connectivity index (χ4v) is 3.63. The smallest absolute Gasteiger partial charge is 0.0326 e. The number of fused-ring (bicyclic) bond motifs is 1. The van der Waals surface area contributed by atoms with Gasteiger partial charge in [-0.2, -0.15) is 0 Å². The average Bonchev–Trinajstić information content (AvgIpc) is 2.53. The summed E-state index contributed by atoms with van der Waals surface area (Å²) >= 11 is 0. The molecule has 0 radical (unpaired) electrons. The Bertz CT molecular complexity index is 600. The van der Waals surface area contributed by atoms with E-state index in [0.717, 1.165) is 6.54 Å². The van der Waals surface area contributed by atoms with Crippen LogP contribution in [0.15, 0.2) is 42.5 Å². The Hall–Kier alpha value is -1.38. The van der Waals surface area contributed by atoms with Crippen molar-refractivity contribution in [3.63, 3.8) is 0 Å². The van der Waals surface area contributed by atoms with Crippen LogP contribution in [-0.2, 0) is 0 Å². The molecule has 1 fully saturated rings. The summed E-state index contributed by atoms with van der Waals surface area (Å²) in [7, 11) is 0. The van der Waals surface area contributed by atoms with E-state index < -0.39 is 0 Å². The van der Waals surface area contributed by atoms with E-state index in [1.165, 1.54) is 35.7 Å². The number of hydrogen-bond donors (Lipinski definition) is 1. The topological polar surface area (TPSA) is 29.3 Å². The third-order valence-electron chi connectivity index (χ3n) is 5.05. The first-order valence-electron chi connectivity index (χ1n) is 8.14. The van der Waals surface area contributed by atoms with Crippen molar-refractivity contribution in [2.75, 3.05) is 13.1 Å². The molecule has 3 unspecified atom stereocenters. The van der Waals surface area contributed by atoms with Crippen molar-refractivity contribution in [1.29, 1.82) is 0 Å². The van der Waals surface area contributed by atoms with E-state index in [4.69, 9.17) is 5.73 Å². The number of likely N-dealkylation sites (tertiary alicyclic amines) is 1. The van der Waals surface area contributed by atoms with Gasteiger partial charge in [0, 0.05) is 18.6 Å². The molecule has 112 valence electrons. The maximum Gasteiger partial charge on any atom is 0.0326 e. The van der Waals surface area contributed by atoms with Gasteiger partial charge in [-0.1, -0.05) is 42.5 Å². The summed E-state index contributed by atoms with van der Waals surface area (Å²) in [5.41, 5.74) is 7.58. The second-order valence-electron chi connectivity index (χ2n) is 6.50. The fourth-order valence-electron chi connectivity index (χ4n) is 3.63. The van der Waals surface area contributed by atoms with Gasteiger partial charge in [0.25, 0.3) is 0 Å². The molecule has 2 heteroatoms. The molecule has 3 rings (SSSR count). The number of nitrogens with zero attached hydrogens (tertiary/aromatic N) is 1. The van der Waals surface area contributed by atoms with Crippen molar-refractivity contribution in [3.8, 4) is 0 Å². The van der Waals surface area contributed by atoms with Gasteiger partial charge in [0.05, 0.1) is 0 Å². The first-order valence-corrected chi connectivity index (χ1v) is 8.14. The number of benzene rings is 2. The second kappa shape index (κ2) is 6.17. The molecule has 2 aromatic rings. The lowest BCUT2D eigenvalue weighted by atomic mass is 9.90. The molecule has 0 bridgehead atoms. The minimum atomic E-state index is 0.299. The first kappa shape index (κ1) is 14.6. The second-order valence-corrected chi connectivity index (χ2v) is 6.50. The van der Waals surface area contributed by atoms with Crippen LogP contribution >= 0.6 is 0 Å². The molecule has 1 heterocycles. The van der Waals surface area contributed by atoms with Crippen LogP contribution in [0.25, 0.3) is 10.8 Å². The molecule has 0 aromatic heterocycles. The summed E-state index contributed by atoms with van der Waals surface area (Å²) in [6.07, 6.45) is 2.54. The molecule has 0 aliphatic carbocycles. The van der Waals surface area contributed by atoms with E-state index in [0.29, 0.717) is 18.0 Å². The Morgan fingerprint density at radius 1 is 1.10 bits per heavy atom. The minimum absolute atomic E-state index is 0.299. The van der Waals surface area contributed by atoms with Crippen molar-refractivity contribution in [2.24, 2.45) is 11.7 Å². The van der Waals surface area contributed by atoms with Crippen LogP contribution in [0.3, 0.4) is 0 Å². The van der Waals surface area contributed by atoms with Crippen molar-refractivity contribution in [1.82, 2.24) is 4.90 Å². The standard InChI is InChI=1S/C19H26N2/c1-14(20)17-9-6-12-21(13-17)15(2)18-11-5-8-16-7-3-4-10-19(16)18/h3-5,7-8,10-11,14-15,17H,6,9,12-13,20H2,1-2H3. The zero-order chi connectivity index (χ0) is 14.8. The van der Waals surface area contributed by atoms with Crippen LogP contribution in [0, 0.1) is 5.92 Å². The molecule has 2 aromatic carbocycles. The van der Waals surface area contributed by atoms with Gasteiger partial charge in [0.15, 0.2) is 0 Å². The van der Waals surface area contributed by atoms with Crippen molar-refractivity contribution in [2.45, 2.75) is 38.8 Å². The highest BCUT2D eigenvalue weighted by Gasteiger charge is 2.26. The van der Waals surface area contributed by atoms with Crippen molar-refractivity contribution < 1.29 is 0 Å². The summed E-state index contributed by atoms with van der Waals surface area (Å²) in [6, 6.07) is 16.1. The van der Waals surface area contributed by atoms with E-state index in [9.17, 15) is 0 Å². The van der Waals surface area contributed by atoms with Gasteiger partial charge >= 0.3 is 0 Å². The molecule has 21 heavy (non-hydrogen) atoms. The Morgan fingerprint density at radius 3 is 2.67 bits per heavy atom. The Balaban J connectivity index is 1.88. The molecule has 3 atom stereocenters. The fraction of sp³-hybridized carbons (Fsp3) is 0.474. The largest absolute Gasteiger partial charge is 0.328 e. The normalized spacial score (nSPS) is 23.1. The number of hydrogen-bond acceptors (Lipinski definition) is 2. The van der Waals surface area contributed by atoms with Gasteiger partial charge in [-0.15, -0.1) is 0 Å². The summed E-state index contributed by atoms with van der Waals surface area (Å²) < 4.78 is 0. The number of rotatable bonds is 3. The van der Waals surface area contributed by atoms with E-state index in [1.807, 2.05) is 0 Å². The zero-order valence-corrected chi connectivity index (χ0v) is 13.1. The minimum Gasteiger partial charge on any atom is -0.328 e. The predicted octanol–water partition coefficient (Wildman–Crippen LogP) is 3.96. The van der Waals surface area contributed by atoms with Crippen LogP contribution in [-0.4, -0.2) is 24.0 Å². The van der Waals surface area contributed by atoms with Gasteiger partial charge in [0.1, 0.15) is 0 Å². The monoisotopic (exact) mass is 282 g/mol. The molecule has 2 N–H and O–H groups in total. The number of nitrogens with two attached hydrogens (primary N) is 1. The Labute approximate surface area is 127 Å². The van der Waals surface area contributed by atoms with Crippen LogP contribution < -0.4 is 5.73 Å². The summed E-state index contributed by atoms with van der Waals surface area (Å²) in [4.78, 5) is 2.61. The van der Waals surface area contributed by atoms with Crippen LogP contribution in [0.1, 0.15) is 38.3 Å². The molecule has 1 aliphatic rings. The van der Waals surface area contributed by atoms with Gasteiger partial charge in [0.2, 0.25) is 0 Å². The first-order chi connectivity index (χ1) is 10.2. The molecule has 0 saturated carbocycles. The maximum atomic E-state index is 6.13. The van der Waals surface area contributed by atoms with Gasteiger partial charge in [-0.3, -0.25) is 4.90 Å². The maximum absolute atomic E-state index is 6.13. The molecular formula is C19H26N2.